The maximum Gasteiger partial charge on any atom is 0.320 e. The molecule has 0 aromatic carbocycles. The summed E-state index contributed by atoms with van der Waals surface area (Å²) in [6, 6.07) is 1.36. The van der Waals surface area contributed by atoms with E-state index in [-0.39, 0.29) is 6.04 Å². The number of nitrogens with zero attached hydrogens (tertiary/aromatic N) is 2. The summed E-state index contributed by atoms with van der Waals surface area (Å²) in [5, 5.41) is 9.61. The lowest BCUT2D eigenvalue weighted by Gasteiger charge is -2.37. The molecular weight excluding hydrogens is 252 g/mol. The van der Waals surface area contributed by atoms with Crippen LogP contribution in [0.15, 0.2) is 0 Å². The Morgan fingerprint density at radius 2 is 1.95 bits per heavy atom. The first kappa shape index (κ1) is 14.3. The molecule has 2 heterocycles. The van der Waals surface area contributed by atoms with E-state index >= 15 is 0 Å². The highest BCUT2D eigenvalue weighted by molar-refractivity contribution is 5.74. The Labute approximate surface area is 122 Å². The first-order chi connectivity index (χ1) is 9.58. The summed E-state index contributed by atoms with van der Waals surface area (Å²) in [4.78, 5) is 16.6. The standard InChI is InChI=1S/C16H28N2O2/c1-11(2)17-8-7-13(10-17)18-14-6-4-3-5-12(14)9-15(18)16(19)20/h11-15H,3-10H2,1-2H3,(H,19,20). The largest absolute Gasteiger partial charge is 0.480 e. The third-order valence-electron chi connectivity index (χ3n) is 5.77. The predicted molar refractivity (Wildman–Crippen MR) is 78.7 cm³/mol. The van der Waals surface area contributed by atoms with Crippen LogP contribution in [0.1, 0.15) is 52.4 Å². The summed E-state index contributed by atoms with van der Waals surface area (Å²) in [6.07, 6.45) is 7.07. The van der Waals surface area contributed by atoms with Crippen molar-refractivity contribution in [3.63, 3.8) is 0 Å². The first-order valence-electron chi connectivity index (χ1n) is 8.32. The van der Waals surface area contributed by atoms with Gasteiger partial charge < -0.3 is 5.11 Å². The van der Waals surface area contributed by atoms with E-state index in [9.17, 15) is 9.90 Å². The van der Waals surface area contributed by atoms with E-state index in [1.165, 1.54) is 25.7 Å². The van der Waals surface area contributed by atoms with Crippen LogP contribution in [-0.4, -0.2) is 58.1 Å². The van der Waals surface area contributed by atoms with Gasteiger partial charge in [-0.1, -0.05) is 12.8 Å². The Bertz CT molecular complexity index is 371. The van der Waals surface area contributed by atoms with E-state index in [0.717, 1.165) is 25.9 Å². The molecule has 2 aliphatic heterocycles. The van der Waals surface area contributed by atoms with Gasteiger partial charge in [-0.15, -0.1) is 0 Å². The minimum absolute atomic E-state index is 0.222. The number of carboxylic acids is 1. The van der Waals surface area contributed by atoms with Crippen molar-refractivity contribution in [2.24, 2.45) is 5.92 Å². The molecule has 4 heteroatoms. The quantitative estimate of drug-likeness (QED) is 0.860. The van der Waals surface area contributed by atoms with Gasteiger partial charge >= 0.3 is 5.97 Å². The molecule has 4 unspecified atom stereocenters. The molecule has 0 aromatic heterocycles. The molecule has 4 atom stereocenters. The zero-order chi connectivity index (χ0) is 14.3. The van der Waals surface area contributed by atoms with E-state index in [1.54, 1.807) is 0 Å². The van der Waals surface area contributed by atoms with Gasteiger partial charge in [0.15, 0.2) is 0 Å². The van der Waals surface area contributed by atoms with Crippen LogP contribution in [0.2, 0.25) is 0 Å². The lowest BCUT2D eigenvalue weighted by Crippen LogP contribution is -2.49. The van der Waals surface area contributed by atoms with E-state index in [1.807, 2.05) is 0 Å². The van der Waals surface area contributed by atoms with Crippen molar-refractivity contribution in [2.75, 3.05) is 13.1 Å². The molecule has 0 amide bonds. The van der Waals surface area contributed by atoms with Crippen LogP contribution in [-0.2, 0) is 4.79 Å². The van der Waals surface area contributed by atoms with Crippen molar-refractivity contribution in [2.45, 2.75) is 76.5 Å². The molecule has 3 fully saturated rings. The van der Waals surface area contributed by atoms with Gasteiger partial charge in [0, 0.05) is 31.2 Å². The number of aliphatic carboxylic acids is 1. The van der Waals surface area contributed by atoms with Crippen LogP contribution in [0, 0.1) is 5.92 Å². The Hall–Kier alpha value is -0.610. The van der Waals surface area contributed by atoms with Gasteiger partial charge in [-0.3, -0.25) is 14.6 Å². The highest BCUT2D eigenvalue weighted by Crippen LogP contribution is 2.42. The highest BCUT2D eigenvalue weighted by Gasteiger charge is 2.49. The fourth-order valence-electron chi connectivity index (χ4n) is 4.73. The van der Waals surface area contributed by atoms with Gasteiger partial charge in [-0.2, -0.15) is 0 Å². The van der Waals surface area contributed by atoms with Gasteiger partial charge in [-0.05, 0) is 45.4 Å². The number of carbonyl (C=O) groups is 1. The van der Waals surface area contributed by atoms with E-state index < -0.39 is 5.97 Å². The van der Waals surface area contributed by atoms with E-state index in [0.29, 0.717) is 24.0 Å². The second kappa shape index (κ2) is 5.64. The van der Waals surface area contributed by atoms with Gasteiger partial charge in [0.1, 0.15) is 6.04 Å². The smallest absolute Gasteiger partial charge is 0.320 e. The molecule has 1 aliphatic carbocycles. The van der Waals surface area contributed by atoms with Crippen molar-refractivity contribution < 1.29 is 9.90 Å². The second-order valence-corrected chi connectivity index (χ2v) is 7.18. The Balaban J connectivity index is 1.76. The lowest BCUT2D eigenvalue weighted by molar-refractivity contribution is -0.143. The molecule has 4 nitrogen and oxygen atoms in total. The fourth-order valence-corrected chi connectivity index (χ4v) is 4.73. The molecule has 3 aliphatic rings. The highest BCUT2D eigenvalue weighted by atomic mass is 16.4. The topological polar surface area (TPSA) is 43.8 Å². The first-order valence-corrected chi connectivity index (χ1v) is 8.32. The summed E-state index contributed by atoms with van der Waals surface area (Å²) in [5.74, 6) is 0.0420. The van der Waals surface area contributed by atoms with Crippen LogP contribution in [0.4, 0.5) is 0 Å². The third kappa shape index (κ3) is 2.48. The molecule has 0 aromatic rings. The molecule has 3 rings (SSSR count). The van der Waals surface area contributed by atoms with Crippen molar-refractivity contribution in [3.05, 3.63) is 0 Å². The maximum atomic E-state index is 11.7. The Morgan fingerprint density at radius 3 is 2.60 bits per heavy atom. The van der Waals surface area contributed by atoms with Crippen molar-refractivity contribution >= 4 is 5.97 Å². The fraction of sp³-hybridized carbons (Fsp3) is 0.938. The van der Waals surface area contributed by atoms with Crippen LogP contribution >= 0.6 is 0 Å². The van der Waals surface area contributed by atoms with Crippen molar-refractivity contribution in [1.29, 1.82) is 0 Å². The monoisotopic (exact) mass is 280 g/mol. The summed E-state index contributed by atoms with van der Waals surface area (Å²) < 4.78 is 0. The number of rotatable bonds is 3. The van der Waals surface area contributed by atoms with Crippen LogP contribution < -0.4 is 0 Å². The number of likely N-dealkylation sites (tertiary alicyclic amines) is 2. The van der Waals surface area contributed by atoms with Gasteiger partial charge in [0.05, 0.1) is 0 Å². The Morgan fingerprint density at radius 1 is 1.20 bits per heavy atom. The summed E-state index contributed by atoms with van der Waals surface area (Å²) >= 11 is 0. The van der Waals surface area contributed by atoms with Gasteiger partial charge in [-0.25, -0.2) is 0 Å². The summed E-state index contributed by atoms with van der Waals surface area (Å²) in [6.45, 7) is 6.67. The van der Waals surface area contributed by atoms with Crippen molar-refractivity contribution in [3.8, 4) is 0 Å². The molecule has 1 N–H and O–H groups in total. The second-order valence-electron chi connectivity index (χ2n) is 7.18. The molecule has 20 heavy (non-hydrogen) atoms. The van der Waals surface area contributed by atoms with Crippen LogP contribution in [0.25, 0.3) is 0 Å². The Kier molecular flexibility index (Phi) is 4.04. The predicted octanol–water partition coefficient (Wildman–Crippen LogP) is 2.19. The number of hydrogen-bond donors (Lipinski definition) is 1. The minimum Gasteiger partial charge on any atom is -0.480 e. The third-order valence-corrected chi connectivity index (χ3v) is 5.77. The average molecular weight is 280 g/mol. The van der Waals surface area contributed by atoms with Gasteiger partial charge in [0.2, 0.25) is 0 Å². The van der Waals surface area contributed by atoms with E-state index in [2.05, 4.69) is 23.6 Å². The summed E-state index contributed by atoms with van der Waals surface area (Å²) in [5.41, 5.74) is 0. The molecule has 0 bridgehead atoms. The van der Waals surface area contributed by atoms with E-state index in [4.69, 9.17) is 0 Å². The maximum absolute atomic E-state index is 11.7. The lowest BCUT2D eigenvalue weighted by atomic mass is 9.84. The summed E-state index contributed by atoms with van der Waals surface area (Å²) in [7, 11) is 0. The number of carboxylic acid groups (broad SMARTS) is 1. The molecule has 0 radical (unpaired) electrons. The number of fused-ring (bicyclic) bond motifs is 1. The molecule has 114 valence electrons. The SMILES string of the molecule is CC(C)N1CCC(N2C(C(=O)O)CC3CCCCC32)C1. The van der Waals surface area contributed by atoms with Crippen LogP contribution in [0.5, 0.6) is 0 Å². The van der Waals surface area contributed by atoms with Crippen LogP contribution in [0.3, 0.4) is 0 Å². The minimum atomic E-state index is -0.595. The molecular formula is C16H28N2O2. The zero-order valence-corrected chi connectivity index (χ0v) is 12.8. The molecule has 0 spiro atoms. The average Bonchev–Trinajstić information content (AvgIpc) is 3.02. The zero-order valence-electron chi connectivity index (χ0n) is 12.8. The molecule has 2 saturated heterocycles. The van der Waals surface area contributed by atoms with Crippen molar-refractivity contribution in [1.82, 2.24) is 9.80 Å². The molecule has 1 saturated carbocycles. The normalized spacial score (nSPS) is 39.4. The number of hydrogen-bond acceptors (Lipinski definition) is 3. The van der Waals surface area contributed by atoms with Gasteiger partial charge in [0.25, 0.3) is 0 Å².